The third-order valence-corrected chi connectivity index (χ3v) is 9.75. The van der Waals surface area contributed by atoms with E-state index >= 15 is 0 Å². The summed E-state index contributed by atoms with van der Waals surface area (Å²) in [5, 5.41) is 38.4. The Morgan fingerprint density at radius 2 is 1.95 bits per heavy atom. The van der Waals surface area contributed by atoms with E-state index in [0.29, 0.717) is 18.7 Å². The highest BCUT2D eigenvalue weighted by molar-refractivity contribution is 7.15. The zero-order chi connectivity index (χ0) is 26.2. The summed E-state index contributed by atoms with van der Waals surface area (Å²) >= 11 is 1.61. The predicted octanol–water partition coefficient (Wildman–Crippen LogP) is 4.91. The van der Waals surface area contributed by atoms with Gasteiger partial charge in [-0.2, -0.15) is 0 Å². The third-order valence-electron chi connectivity index (χ3n) is 8.70. The fourth-order valence-corrected chi connectivity index (χ4v) is 7.54. The van der Waals surface area contributed by atoms with Crippen molar-refractivity contribution in [1.29, 1.82) is 0 Å². The molecule has 3 aromatic rings. The molecule has 1 saturated carbocycles. The lowest BCUT2D eigenvalue weighted by atomic mass is 9.47. The predicted molar refractivity (Wildman–Crippen MR) is 146 cm³/mol. The number of nitrogens with one attached hydrogen (secondary N) is 2. The van der Waals surface area contributed by atoms with Crippen LogP contribution < -0.4 is 10.6 Å². The number of rotatable bonds is 7. The van der Waals surface area contributed by atoms with E-state index in [4.69, 9.17) is 4.98 Å². The fraction of sp³-hybridized carbons (Fsp3) is 0.448. The van der Waals surface area contributed by atoms with E-state index in [1.807, 2.05) is 25.1 Å². The van der Waals surface area contributed by atoms with Crippen LogP contribution in [-0.2, 0) is 17.8 Å². The maximum atomic E-state index is 13.3. The highest BCUT2D eigenvalue weighted by atomic mass is 32.1. The molecule has 1 amide bonds. The van der Waals surface area contributed by atoms with Gasteiger partial charge in [0.2, 0.25) is 5.91 Å². The number of benzene rings is 2. The van der Waals surface area contributed by atoms with E-state index in [1.54, 1.807) is 29.5 Å². The van der Waals surface area contributed by atoms with Crippen molar-refractivity contribution in [3.63, 3.8) is 0 Å². The van der Waals surface area contributed by atoms with Crippen molar-refractivity contribution in [2.24, 2.45) is 16.7 Å². The number of aliphatic hydroxyl groups is 2. The SMILES string of the molecule is C[C@]1(CO)[C@H]2Cc3sc(NCc4ccccc4)nc3[C@@H](CC(=O)Nc3cccc(O)c3)[C@]2(C)CC[C@H]1O. The first-order chi connectivity index (χ1) is 17.7. The summed E-state index contributed by atoms with van der Waals surface area (Å²) in [6, 6.07) is 16.7. The van der Waals surface area contributed by atoms with Crippen molar-refractivity contribution < 1.29 is 20.1 Å². The summed E-state index contributed by atoms with van der Waals surface area (Å²) < 4.78 is 0. The molecule has 37 heavy (non-hydrogen) atoms. The number of thiazole rings is 1. The van der Waals surface area contributed by atoms with Gasteiger partial charge in [0, 0.05) is 40.9 Å². The van der Waals surface area contributed by atoms with Crippen molar-refractivity contribution in [2.75, 3.05) is 17.2 Å². The molecule has 1 heterocycles. The Hall–Kier alpha value is -2.94. The maximum Gasteiger partial charge on any atom is 0.225 e. The number of aromatic nitrogens is 1. The summed E-state index contributed by atoms with van der Waals surface area (Å²) in [5.41, 5.74) is 1.68. The van der Waals surface area contributed by atoms with Crippen molar-refractivity contribution >= 4 is 28.1 Å². The van der Waals surface area contributed by atoms with Gasteiger partial charge in [-0.05, 0) is 48.3 Å². The Bertz CT molecular complexity index is 1270. The largest absolute Gasteiger partial charge is 0.508 e. The van der Waals surface area contributed by atoms with Crippen LogP contribution >= 0.6 is 11.3 Å². The van der Waals surface area contributed by atoms with Crippen LogP contribution in [0, 0.1) is 16.7 Å². The molecule has 0 radical (unpaired) electrons. The maximum absolute atomic E-state index is 13.3. The number of hydrogen-bond donors (Lipinski definition) is 5. The van der Waals surface area contributed by atoms with Gasteiger partial charge >= 0.3 is 0 Å². The lowest BCUT2D eigenvalue weighted by molar-refractivity contribution is -0.143. The molecule has 1 fully saturated rings. The Labute approximate surface area is 221 Å². The number of aliphatic hydroxyl groups excluding tert-OH is 2. The van der Waals surface area contributed by atoms with Gasteiger partial charge in [0.25, 0.3) is 0 Å². The summed E-state index contributed by atoms with van der Waals surface area (Å²) in [4.78, 5) is 19.4. The van der Waals surface area contributed by atoms with Crippen LogP contribution in [-0.4, -0.2) is 38.9 Å². The average Bonchev–Trinajstić information content (AvgIpc) is 3.30. The molecule has 0 unspecified atom stereocenters. The molecule has 5 N–H and O–H groups in total. The molecule has 7 nitrogen and oxygen atoms in total. The number of carbonyl (C=O) groups is 1. The summed E-state index contributed by atoms with van der Waals surface area (Å²) in [7, 11) is 0. The van der Waals surface area contributed by atoms with E-state index in [0.717, 1.165) is 34.1 Å². The van der Waals surface area contributed by atoms with Gasteiger partial charge in [0.15, 0.2) is 5.13 Å². The Morgan fingerprint density at radius 3 is 2.68 bits per heavy atom. The van der Waals surface area contributed by atoms with Gasteiger partial charge in [-0.3, -0.25) is 4.79 Å². The highest BCUT2D eigenvalue weighted by Crippen LogP contribution is 2.62. The molecule has 2 aromatic carbocycles. The molecule has 2 aliphatic carbocycles. The molecule has 2 aliphatic rings. The van der Waals surface area contributed by atoms with Gasteiger partial charge in [0.1, 0.15) is 5.75 Å². The minimum atomic E-state index is -0.660. The first-order valence-electron chi connectivity index (χ1n) is 12.9. The molecule has 8 heteroatoms. The van der Waals surface area contributed by atoms with Crippen LogP contribution in [0.2, 0.25) is 0 Å². The number of carbonyl (C=O) groups excluding carboxylic acids is 1. The number of phenols is 1. The number of aromatic hydroxyl groups is 1. The van der Waals surface area contributed by atoms with Crippen LogP contribution in [0.1, 0.15) is 55.2 Å². The highest BCUT2D eigenvalue weighted by Gasteiger charge is 2.59. The molecule has 1 aromatic heterocycles. The summed E-state index contributed by atoms with van der Waals surface area (Å²) in [6.45, 7) is 4.72. The lowest BCUT2D eigenvalue weighted by Gasteiger charge is -2.58. The van der Waals surface area contributed by atoms with E-state index in [1.165, 1.54) is 6.07 Å². The topological polar surface area (TPSA) is 115 Å². The number of anilines is 2. The van der Waals surface area contributed by atoms with E-state index < -0.39 is 11.5 Å². The van der Waals surface area contributed by atoms with E-state index in [2.05, 4.69) is 29.7 Å². The van der Waals surface area contributed by atoms with E-state index in [-0.39, 0.29) is 41.9 Å². The smallest absolute Gasteiger partial charge is 0.225 e. The Kier molecular flexibility index (Phi) is 7.00. The lowest BCUT2D eigenvalue weighted by Crippen LogP contribution is -2.57. The second-order valence-electron chi connectivity index (χ2n) is 11.0. The second-order valence-corrected chi connectivity index (χ2v) is 12.1. The molecule has 196 valence electrons. The fourth-order valence-electron chi connectivity index (χ4n) is 6.48. The minimum Gasteiger partial charge on any atom is -0.508 e. The Balaban J connectivity index is 1.47. The van der Waals surface area contributed by atoms with Gasteiger partial charge < -0.3 is 26.0 Å². The number of fused-ring (bicyclic) bond motifs is 2. The van der Waals surface area contributed by atoms with Crippen LogP contribution in [0.25, 0.3) is 0 Å². The zero-order valence-electron chi connectivity index (χ0n) is 21.3. The van der Waals surface area contributed by atoms with Crippen molar-refractivity contribution in [2.45, 2.75) is 58.1 Å². The molecule has 0 bridgehead atoms. The normalized spacial score (nSPS) is 28.7. The molecule has 0 saturated heterocycles. The average molecular weight is 522 g/mol. The summed E-state index contributed by atoms with van der Waals surface area (Å²) in [6.07, 6.45) is 1.68. The van der Waals surface area contributed by atoms with E-state index in [9.17, 15) is 20.1 Å². The number of hydrogen-bond acceptors (Lipinski definition) is 7. The van der Waals surface area contributed by atoms with Crippen LogP contribution in [0.3, 0.4) is 0 Å². The van der Waals surface area contributed by atoms with Gasteiger partial charge in [-0.1, -0.05) is 50.2 Å². The molecule has 0 aliphatic heterocycles. The standard InChI is InChI=1S/C29H35N3O4S/c1-28-12-11-24(35)29(2,17-33)23(28)15-22-26(32-27(37-22)30-16-18-7-4-3-5-8-18)21(28)14-25(36)31-19-9-6-10-20(34)13-19/h3-10,13,21,23-24,33-35H,11-12,14-17H2,1-2H3,(H,30,32)(H,31,36)/t21-,23+,24-,28+,29+/m1/s1. The van der Waals surface area contributed by atoms with Crippen molar-refractivity contribution in [3.8, 4) is 5.75 Å². The second kappa shape index (κ2) is 10.1. The molecule has 0 spiro atoms. The number of nitrogens with zero attached hydrogens (tertiary/aromatic N) is 1. The van der Waals surface area contributed by atoms with Crippen LogP contribution in [0.5, 0.6) is 5.75 Å². The third kappa shape index (κ3) is 4.85. The number of amides is 1. The molecular weight excluding hydrogens is 486 g/mol. The monoisotopic (exact) mass is 521 g/mol. The first kappa shape index (κ1) is 25.7. The molecular formula is C29H35N3O4S. The Morgan fingerprint density at radius 1 is 1.16 bits per heavy atom. The van der Waals surface area contributed by atoms with Crippen molar-refractivity contribution in [1.82, 2.24) is 4.98 Å². The van der Waals surface area contributed by atoms with Crippen molar-refractivity contribution in [3.05, 3.63) is 70.7 Å². The van der Waals surface area contributed by atoms with Gasteiger partial charge in [-0.15, -0.1) is 11.3 Å². The van der Waals surface area contributed by atoms with Gasteiger partial charge in [-0.25, -0.2) is 4.98 Å². The summed E-state index contributed by atoms with van der Waals surface area (Å²) in [5.74, 6) is -0.215. The molecule has 5 rings (SSSR count). The van der Waals surface area contributed by atoms with Crippen LogP contribution in [0.4, 0.5) is 10.8 Å². The van der Waals surface area contributed by atoms with Crippen LogP contribution in [0.15, 0.2) is 54.6 Å². The zero-order valence-corrected chi connectivity index (χ0v) is 22.1. The minimum absolute atomic E-state index is 0.00208. The first-order valence-corrected chi connectivity index (χ1v) is 13.7. The quantitative estimate of drug-likeness (QED) is 0.302. The van der Waals surface area contributed by atoms with Gasteiger partial charge in [0.05, 0.1) is 18.4 Å². The number of phenolic OH excluding ortho intramolecular Hbond substituents is 1. The molecule has 5 atom stereocenters.